The van der Waals surface area contributed by atoms with Gasteiger partial charge in [0.1, 0.15) is 5.76 Å². The van der Waals surface area contributed by atoms with Crippen molar-refractivity contribution in [3.63, 3.8) is 0 Å². The van der Waals surface area contributed by atoms with Crippen LogP contribution in [0.3, 0.4) is 0 Å². The molecule has 2 aromatic heterocycles. The Balaban J connectivity index is 2.32. The van der Waals surface area contributed by atoms with E-state index in [9.17, 15) is 9.59 Å². The molecular formula is C14H11BrN2O3. The highest BCUT2D eigenvalue weighted by molar-refractivity contribution is 9.10. The number of hydrogen-bond donors (Lipinski definition) is 0. The number of benzene rings is 1. The van der Waals surface area contributed by atoms with Gasteiger partial charge in [0.05, 0.1) is 11.0 Å². The van der Waals surface area contributed by atoms with Gasteiger partial charge in [-0.1, -0.05) is 0 Å². The molecule has 5 nitrogen and oxygen atoms in total. The lowest BCUT2D eigenvalue weighted by Crippen LogP contribution is -2.19. The third-order valence-corrected chi connectivity index (χ3v) is 4.03. The molecule has 2 heterocycles. The standard InChI is InChI=1S/C14H11BrN2O3/c1-16-11-5-9(13-4-3-8(7-18)20-13)10(15)6-12(11)17(2)14(16)19/h3-7H,1-2H3. The molecule has 0 bridgehead atoms. The van der Waals surface area contributed by atoms with Crippen LogP contribution in [0, 0.1) is 0 Å². The number of aromatic nitrogens is 2. The van der Waals surface area contributed by atoms with Crippen molar-refractivity contribution in [2.24, 2.45) is 14.1 Å². The fraction of sp³-hybridized carbons (Fsp3) is 0.143. The molecule has 6 heteroatoms. The van der Waals surface area contributed by atoms with Crippen LogP contribution in [0.25, 0.3) is 22.4 Å². The first-order valence-electron chi connectivity index (χ1n) is 5.93. The van der Waals surface area contributed by atoms with Gasteiger partial charge < -0.3 is 4.42 Å². The van der Waals surface area contributed by atoms with E-state index in [0.29, 0.717) is 12.0 Å². The number of halogens is 1. The van der Waals surface area contributed by atoms with Crippen molar-refractivity contribution in [2.45, 2.75) is 0 Å². The second-order valence-corrected chi connectivity index (χ2v) is 5.40. The fourth-order valence-corrected chi connectivity index (χ4v) is 2.80. The molecule has 3 aromatic rings. The molecule has 20 heavy (non-hydrogen) atoms. The molecule has 0 spiro atoms. The molecule has 0 fully saturated rings. The number of aldehydes is 1. The van der Waals surface area contributed by atoms with E-state index in [2.05, 4.69) is 15.9 Å². The Bertz CT molecular complexity index is 886. The lowest BCUT2D eigenvalue weighted by molar-refractivity contribution is 0.110. The minimum Gasteiger partial charge on any atom is -0.453 e. The number of nitrogens with zero attached hydrogens (tertiary/aromatic N) is 2. The summed E-state index contributed by atoms with van der Waals surface area (Å²) in [5.41, 5.74) is 2.35. The van der Waals surface area contributed by atoms with Crippen molar-refractivity contribution in [3.8, 4) is 11.3 Å². The summed E-state index contributed by atoms with van der Waals surface area (Å²) >= 11 is 3.48. The molecule has 102 valence electrons. The Labute approximate surface area is 122 Å². The number of hydrogen-bond acceptors (Lipinski definition) is 3. The van der Waals surface area contributed by atoms with Crippen LogP contribution in [-0.4, -0.2) is 15.4 Å². The van der Waals surface area contributed by atoms with Crippen molar-refractivity contribution in [2.75, 3.05) is 0 Å². The van der Waals surface area contributed by atoms with Crippen LogP contribution >= 0.6 is 15.9 Å². The molecule has 0 saturated carbocycles. The molecule has 3 rings (SSSR count). The Morgan fingerprint density at radius 1 is 1.15 bits per heavy atom. The number of furan rings is 1. The zero-order chi connectivity index (χ0) is 14.4. The number of aryl methyl sites for hydroxylation is 2. The van der Waals surface area contributed by atoms with Gasteiger partial charge in [0.15, 0.2) is 12.0 Å². The van der Waals surface area contributed by atoms with Gasteiger partial charge >= 0.3 is 5.69 Å². The molecule has 0 aliphatic rings. The van der Waals surface area contributed by atoms with Crippen LogP contribution in [0.1, 0.15) is 10.6 Å². The summed E-state index contributed by atoms with van der Waals surface area (Å²) in [7, 11) is 3.45. The van der Waals surface area contributed by atoms with Gasteiger partial charge in [-0.2, -0.15) is 0 Å². The Kier molecular flexibility index (Phi) is 2.90. The third-order valence-electron chi connectivity index (χ3n) is 3.37. The Morgan fingerprint density at radius 3 is 2.40 bits per heavy atom. The van der Waals surface area contributed by atoms with Crippen molar-refractivity contribution in [1.29, 1.82) is 0 Å². The maximum atomic E-state index is 11.9. The zero-order valence-corrected chi connectivity index (χ0v) is 12.5. The molecule has 0 amide bonds. The van der Waals surface area contributed by atoms with E-state index in [1.807, 2.05) is 12.1 Å². The monoisotopic (exact) mass is 334 g/mol. The van der Waals surface area contributed by atoms with Gasteiger partial charge in [-0.05, 0) is 40.2 Å². The lowest BCUT2D eigenvalue weighted by atomic mass is 10.1. The maximum absolute atomic E-state index is 11.9. The molecule has 0 atom stereocenters. The normalized spacial score (nSPS) is 11.2. The predicted octanol–water partition coefficient (Wildman–Crippen LogP) is 2.71. The zero-order valence-electron chi connectivity index (χ0n) is 10.9. The molecule has 1 aromatic carbocycles. The second kappa shape index (κ2) is 4.49. The highest BCUT2D eigenvalue weighted by Gasteiger charge is 2.14. The summed E-state index contributed by atoms with van der Waals surface area (Å²) in [6.07, 6.45) is 0.661. The van der Waals surface area contributed by atoms with E-state index in [-0.39, 0.29) is 11.4 Å². The molecule has 0 aliphatic carbocycles. The molecule has 0 unspecified atom stereocenters. The average molecular weight is 335 g/mol. The number of carbonyl (C=O) groups excluding carboxylic acids is 1. The fourth-order valence-electron chi connectivity index (χ4n) is 2.27. The average Bonchev–Trinajstić information content (AvgIpc) is 2.99. The van der Waals surface area contributed by atoms with E-state index >= 15 is 0 Å². The van der Waals surface area contributed by atoms with Crippen LogP contribution in [0.5, 0.6) is 0 Å². The SMILES string of the molecule is Cn1c(=O)n(C)c2cc(-c3ccc(C=O)o3)c(Br)cc21. The molecular weight excluding hydrogens is 324 g/mol. The van der Waals surface area contributed by atoms with Gasteiger partial charge in [-0.25, -0.2) is 4.79 Å². The molecule has 0 N–H and O–H groups in total. The minimum atomic E-state index is -0.0860. The van der Waals surface area contributed by atoms with Gasteiger partial charge in [-0.3, -0.25) is 13.9 Å². The largest absolute Gasteiger partial charge is 0.453 e. The van der Waals surface area contributed by atoms with Crippen LogP contribution in [0.15, 0.2) is 37.9 Å². The summed E-state index contributed by atoms with van der Waals surface area (Å²) in [5, 5.41) is 0. The summed E-state index contributed by atoms with van der Waals surface area (Å²) in [5.74, 6) is 0.853. The van der Waals surface area contributed by atoms with Gasteiger partial charge in [0.25, 0.3) is 0 Å². The van der Waals surface area contributed by atoms with Crippen LogP contribution in [0.2, 0.25) is 0 Å². The summed E-state index contributed by atoms with van der Waals surface area (Å²) in [4.78, 5) is 22.6. The number of imidazole rings is 1. The first kappa shape index (κ1) is 12.9. The van der Waals surface area contributed by atoms with E-state index in [0.717, 1.165) is 21.1 Å². The third kappa shape index (κ3) is 1.76. The quantitative estimate of drug-likeness (QED) is 0.677. The Morgan fingerprint density at radius 2 is 1.80 bits per heavy atom. The minimum absolute atomic E-state index is 0.0860. The molecule has 0 aliphatic heterocycles. The van der Waals surface area contributed by atoms with Crippen LogP contribution in [-0.2, 0) is 14.1 Å². The van der Waals surface area contributed by atoms with Gasteiger partial charge in [0.2, 0.25) is 0 Å². The van der Waals surface area contributed by atoms with E-state index in [1.165, 1.54) is 0 Å². The summed E-state index contributed by atoms with van der Waals surface area (Å²) in [6.45, 7) is 0. The van der Waals surface area contributed by atoms with Crippen molar-refractivity contribution in [3.05, 3.63) is 45.0 Å². The highest BCUT2D eigenvalue weighted by atomic mass is 79.9. The number of rotatable bonds is 2. The van der Waals surface area contributed by atoms with E-state index < -0.39 is 0 Å². The highest BCUT2D eigenvalue weighted by Crippen LogP contribution is 2.32. The predicted molar refractivity (Wildman–Crippen MR) is 78.9 cm³/mol. The summed E-state index contributed by atoms with van der Waals surface area (Å²) < 4.78 is 9.40. The second-order valence-electron chi connectivity index (χ2n) is 4.54. The van der Waals surface area contributed by atoms with Crippen molar-refractivity contribution < 1.29 is 9.21 Å². The lowest BCUT2D eigenvalue weighted by Gasteiger charge is -2.03. The summed E-state index contributed by atoms with van der Waals surface area (Å²) in [6, 6.07) is 7.09. The van der Waals surface area contributed by atoms with E-state index in [1.54, 1.807) is 35.4 Å². The topological polar surface area (TPSA) is 57.1 Å². The van der Waals surface area contributed by atoms with Crippen LogP contribution < -0.4 is 5.69 Å². The number of carbonyl (C=O) groups is 1. The first-order valence-corrected chi connectivity index (χ1v) is 6.72. The van der Waals surface area contributed by atoms with Crippen molar-refractivity contribution >= 4 is 33.2 Å². The number of fused-ring (bicyclic) bond motifs is 1. The van der Waals surface area contributed by atoms with Crippen LogP contribution in [0.4, 0.5) is 0 Å². The Hall–Kier alpha value is -2.08. The first-order chi connectivity index (χ1) is 9.52. The van der Waals surface area contributed by atoms with E-state index in [4.69, 9.17) is 4.42 Å². The van der Waals surface area contributed by atoms with Crippen molar-refractivity contribution in [1.82, 2.24) is 9.13 Å². The van der Waals surface area contributed by atoms with Gasteiger partial charge in [-0.15, -0.1) is 0 Å². The maximum Gasteiger partial charge on any atom is 0.328 e. The molecule has 0 radical (unpaired) electrons. The smallest absolute Gasteiger partial charge is 0.328 e. The molecule has 0 saturated heterocycles. The van der Waals surface area contributed by atoms with Gasteiger partial charge in [0, 0.05) is 24.1 Å².